The number of anilines is 2. The zero-order valence-corrected chi connectivity index (χ0v) is 15.6. The highest BCUT2D eigenvalue weighted by Gasteiger charge is 2.42. The Hall–Kier alpha value is -2.86. The molecule has 6 heteroatoms. The van der Waals surface area contributed by atoms with Gasteiger partial charge in [-0.05, 0) is 42.5 Å². The summed E-state index contributed by atoms with van der Waals surface area (Å²) in [5, 5.41) is 1.56. The summed E-state index contributed by atoms with van der Waals surface area (Å²) in [6.07, 6.45) is 0.789. The molecule has 0 N–H and O–H groups in total. The van der Waals surface area contributed by atoms with Gasteiger partial charge in [-0.15, -0.1) is 0 Å². The van der Waals surface area contributed by atoms with Gasteiger partial charge in [0.1, 0.15) is 6.04 Å². The zero-order chi connectivity index (χ0) is 18.8. The Morgan fingerprint density at radius 3 is 2.48 bits per heavy atom. The van der Waals surface area contributed by atoms with Gasteiger partial charge >= 0.3 is 0 Å². The van der Waals surface area contributed by atoms with Crippen LogP contribution in [0.2, 0.25) is 0 Å². The van der Waals surface area contributed by atoms with Crippen molar-refractivity contribution in [2.24, 2.45) is 0 Å². The number of rotatable bonds is 2. The van der Waals surface area contributed by atoms with Gasteiger partial charge in [-0.1, -0.05) is 42.5 Å². The van der Waals surface area contributed by atoms with Crippen molar-refractivity contribution in [2.45, 2.75) is 24.3 Å². The predicted octanol–water partition coefficient (Wildman–Crippen LogP) is 3.33. The molecule has 0 fully saturated rings. The summed E-state index contributed by atoms with van der Waals surface area (Å²) in [7, 11) is -3.76. The van der Waals surface area contributed by atoms with E-state index in [0.29, 0.717) is 17.6 Å². The lowest BCUT2D eigenvalue weighted by molar-refractivity contribution is -0.119. The van der Waals surface area contributed by atoms with E-state index in [0.717, 1.165) is 23.1 Å². The molecular weight excluding hydrogens is 360 g/mol. The lowest BCUT2D eigenvalue weighted by Gasteiger charge is -2.29. The highest BCUT2D eigenvalue weighted by molar-refractivity contribution is 7.93. The normalized spacial score (nSPS) is 18.0. The van der Waals surface area contributed by atoms with Crippen molar-refractivity contribution >= 4 is 38.1 Å². The van der Waals surface area contributed by atoms with E-state index in [9.17, 15) is 13.2 Å². The Bertz CT molecular complexity index is 1200. The first-order valence-electron chi connectivity index (χ1n) is 8.95. The van der Waals surface area contributed by atoms with Crippen LogP contribution in [-0.4, -0.2) is 26.9 Å². The first-order chi connectivity index (χ1) is 13.0. The zero-order valence-electron chi connectivity index (χ0n) is 14.8. The minimum atomic E-state index is -3.76. The second-order valence-corrected chi connectivity index (χ2v) is 8.76. The van der Waals surface area contributed by atoms with Crippen LogP contribution in [0.5, 0.6) is 0 Å². The molecule has 0 aromatic heterocycles. The Balaban J connectivity index is 1.60. The van der Waals surface area contributed by atoms with Crippen LogP contribution in [0, 0.1) is 0 Å². The maximum Gasteiger partial charge on any atom is 0.265 e. The fraction of sp³-hybridized carbons (Fsp3) is 0.190. The molecule has 3 aromatic rings. The first-order valence-corrected chi connectivity index (χ1v) is 10.4. The summed E-state index contributed by atoms with van der Waals surface area (Å²) in [4.78, 5) is 15.3. The highest BCUT2D eigenvalue weighted by atomic mass is 32.2. The van der Waals surface area contributed by atoms with E-state index >= 15 is 0 Å². The monoisotopic (exact) mass is 378 g/mol. The molecule has 0 aliphatic carbocycles. The Kier molecular flexibility index (Phi) is 3.37. The summed E-state index contributed by atoms with van der Waals surface area (Å²) in [6, 6.07) is 17.7. The maximum atomic E-state index is 13.3. The van der Waals surface area contributed by atoms with Gasteiger partial charge < -0.3 is 4.90 Å². The van der Waals surface area contributed by atoms with E-state index in [1.807, 2.05) is 42.5 Å². The third-order valence-electron chi connectivity index (χ3n) is 5.48. The van der Waals surface area contributed by atoms with E-state index in [2.05, 4.69) is 0 Å². The Morgan fingerprint density at radius 2 is 1.67 bits per heavy atom. The number of hydrogen-bond donors (Lipinski definition) is 0. The van der Waals surface area contributed by atoms with E-state index in [4.69, 9.17) is 0 Å². The van der Waals surface area contributed by atoms with E-state index in [1.165, 1.54) is 4.31 Å². The average molecular weight is 378 g/mol. The van der Waals surface area contributed by atoms with Crippen LogP contribution >= 0.6 is 0 Å². The van der Waals surface area contributed by atoms with Crippen LogP contribution in [0.15, 0.2) is 65.6 Å². The SMILES string of the molecule is CC(C(=O)N1CCc2ccccc21)N1c2cccc3cccc(c23)S1(=O)=O. The molecule has 27 heavy (non-hydrogen) atoms. The van der Waals surface area contributed by atoms with E-state index < -0.39 is 16.1 Å². The number of amides is 1. The molecule has 0 saturated carbocycles. The van der Waals surface area contributed by atoms with Crippen molar-refractivity contribution in [3.8, 4) is 0 Å². The minimum Gasteiger partial charge on any atom is -0.310 e. The van der Waals surface area contributed by atoms with Crippen LogP contribution in [0.25, 0.3) is 10.8 Å². The molecule has 0 spiro atoms. The molecule has 0 saturated heterocycles. The van der Waals surface area contributed by atoms with Crippen molar-refractivity contribution in [1.29, 1.82) is 0 Å². The quantitative estimate of drug-likeness (QED) is 0.687. The molecule has 2 aliphatic heterocycles. The topological polar surface area (TPSA) is 57.7 Å². The molecule has 2 aliphatic rings. The van der Waals surface area contributed by atoms with Gasteiger partial charge in [0, 0.05) is 17.6 Å². The number of benzene rings is 3. The minimum absolute atomic E-state index is 0.201. The first kappa shape index (κ1) is 16.3. The summed E-state index contributed by atoms with van der Waals surface area (Å²) < 4.78 is 27.7. The van der Waals surface area contributed by atoms with E-state index in [1.54, 1.807) is 30.0 Å². The van der Waals surface area contributed by atoms with Crippen molar-refractivity contribution in [2.75, 3.05) is 15.7 Å². The third kappa shape index (κ3) is 2.16. The molecule has 5 rings (SSSR count). The van der Waals surface area contributed by atoms with Gasteiger partial charge in [-0.3, -0.25) is 9.10 Å². The third-order valence-corrected chi connectivity index (χ3v) is 7.41. The smallest absolute Gasteiger partial charge is 0.265 e. The van der Waals surface area contributed by atoms with Gasteiger partial charge in [-0.25, -0.2) is 8.42 Å². The van der Waals surface area contributed by atoms with Crippen LogP contribution in [0.3, 0.4) is 0 Å². The molecular formula is C21H18N2O3S. The number of carbonyl (C=O) groups is 1. The molecule has 0 bridgehead atoms. The Labute approximate surface area is 157 Å². The number of hydrogen-bond acceptors (Lipinski definition) is 3. The lowest BCUT2D eigenvalue weighted by atomic mass is 10.1. The number of carbonyl (C=O) groups excluding carboxylic acids is 1. The Morgan fingerprint density at radius 1 is 0.963 bits per heavy atom. The van der Waals surface area contributed by atoms with Crippen molar-refractivity contribution in [3.63, 3.8) is 0 Å². The lowest BCUT2D eigenvalue weighted by Crippen LogP contribution is -2.48. The van der Waals surface area contributed by atoms with Gasteiger partial charge in [0.15, 0.2) is 0 Å². The number of sulfonamides is 1. The van der Waals surface area contributed by atoms with Crippen molar-refractivity contribution in [1.82, 2.24) is 0 Å². The van der Waals surface area contributed by atoms with Gasteiger partial charge in [0.2, 0.25) is 0 Å². The number of para-hydroxylation sites is 1. The van der Waals surface area contributed by atoms with Crippen LogP contribution in [-0.2, 0) is 21.2 Å². The maximum absolute atomic E-state index is 13.3. The molecule has 1 unspecified atom stereocenters. The molecule has 2 heterocycles. The van der Waals surface area contributed by atoms with Crippen molar-refractivity contribution in [3.05, 3.63) is 66.2 Å². The molecule has 1 atom stereocenters. The number of fused-ring (bicyclic) bond motifs is 1. The highest BCUT2D eigenvalue weighted by Crippen LogP contribution is 2.43. The summed E-state index contributed by atoms with van der Waals surface area (Å²) >= 11 is 0. The standard InChI is InChI=1S/C21H18N2O3S/c1-14(21(24)22-13-12-15-6-2-3-9-17(15)22)23-18-10-4-7-16-8-5-11-19(20(16)18)27(23,25)26/h2-11,14H,12-13H2,1H3. The van der Waals surface area contributed by atoms with Crippen LogP contribution < -0.4 is 9.21 Å². The summed E-state index contributed by atoms with van der Waals surface area (Å²) in [5.74, 6) is -0.201. The second-order valence-electron chi connectivity index (χ2n) is 6.98. The molecule has 5 nitrogen and oxygen atoms in total. The molecule has 136 valence electrons. The summed E-state index contributed by atoms with van der Waals surface area (Å²) in [5.41, 5.74) is 2.57. The fourth-order valence-electron chi connectivity index (χ4n) is 4.23. The number of nitrogens with zero attached hydrogens (tertiary/aromatic N) is 2. The van der Waals surface area contributed by atoms with Crippen LogP contribution in [0.1, 0.15) is 12.5 Å². The van der Waals surface area contributed by atoms with Crippen LogP contribution in [0.4, 0.5) is 11.4 Å². The second kappa shape index (κ2) is 5.57. The largest absolute Gasteiger partial charge is 0.310 e. The molecule has 0 radical (unpaired) electrons. The average Bonchev–Trinajstić information content (AvgIpc) is 3.20. The molecule has 3 aromatic carbocycles. The van der Waals surface area contributed by atoms with Gasteiger partial charge in [-0.2, -0.15) is 0 Å². The van der Waals surface area contributed by atoms with E-state index in [-0.39, 0.29) is 10.8 Å². The predicted molar refractivity (Wildman–Crippen MR) is 106 cm³/mol. The summed E-state index contributed by atoms with van der Waals surface area (Å²) in [6.45, 7) is 2.25. The van der Waals surface area contributed by atoms with Gasteiger partial charge in [0.05, 0.1) is 10.6 Å². The fourth-order valence-corrected chi connectivity index (χ4v) is 6.09. The van der Waals surface area contributed by atoms with Gasteiger partial charge in [0.25, 0.3) is 15.9 Å². The van der Waals surface area contributed by atoms with Crippen molar-refractivity contribution < 1.29 is 13.2 Å². The molecule has 1 amide bonds.